The highest BCUT2D eigenvalue weighted by Crippen LogP contribution is 2.25. The molecule has 5 heteroatoms. The number of aromatic nitrogens is 2. The van der Waals surface area contributed by atoms with Crippen molar-refractivity contribution in [3.8, 4) is 0 Å². The van der Waals surface area contributed by atoms with E-state index in [1.807, 2.05) is 0 Å². The molecule has 0 aromatic carbocycles. The molecular formula is C16H29BrN4. The van der Waals surface area contributed by atoms with Gasteiger partial charge in [-0.3, -0.25) is 9.58 Å². The van der Waals surface area contributed by atoms with Gasteiger partial charge in [0.2, 0.25) is 0 Å². The molecule has 0 saturated carbocycles. The minimum absolute atomic E-state index is 0.635. The molecule has 0 spiro atoms. The van der Waals surface area contributed by atoms with Gasteiger partial charge in [-0.1, -0.05) is 20.8 Å². The van der Waals surface area contributed by atoms with Crippen molar-refractivity contribution in [2.75, 3.05) is 19.6 Å². The average molecular weight is 357 g/mol. The third kappa shape index (κ3) is 4.08. The van der Waals surface area contributed by atoms with E-state index in [1.165, 1.54) is 22.3 Å². The lowest BCUT2D eigenvalue weighted by molar-refractivity contribution is 0.130. The highest BCUT2D eigenvalue weighted by molar-refractivity contribution is 9.10. The summed E-state index contributed by atoms with van der Waals surface area (Å²) in [4.78, 5) is 2.63. The van der Waals surface area contributed by atoms with Crippen LogP contribution >= 0.6 is 15.9 Å². The molecule has 21 heavy (non-hydrogen) atoms. The van der Waals surface area contributed by atoms with E-state index in [0.717, 1.165) is 45.1 Å². The van der Waals surface area contributed by atoms with Crippen LogP contribution in [0.5, 0.6) is 0 Å². The molecule has 0 amide bonds. The van der Waals surface area contributed by atoms with E-state index in [4.69, 9.17) is 5.10 Å². The summed E-state index contributed by atoms with van der Waals surface area (Å²) in [5.41, 5.74) is 2.52. The quantitative estimate of drug-likeness (QED) is 0.850. The lowest BCUT2D eigenvalue weighted by Crippen LogP contribution is -2.51. The molecule has 1 aromatic rings. The summed E-state index contributed by atoms with van der Waals surface area (Å²) in [5.74, 6) is 0.739. The number of nitrogens with one attached hydrogen (secondary N) is 1. The topological polar surface area (TPSA) is 33.1 Å². The fourth-order valence-corrected chi connectivity index (χ4v) is 3.84. The first kappa shape index (κ1) is 17.0. The molecule has 1 fully saturated rings. The van der Waals surface area contributed by atoms with Crippen LogP contribution in [0.25, 0.3) is 0 Å². The van der Waals surface area contributed by atoms with Crippen molar-refractivity contribution in [3.05, 3.63) is 15.9 Å². The molecular weight excluding hydrogens is 328 g/mol. The second kappa shape index (κ2) is 7.75. The lowest BCUT2D eigenvalue weighted by Gasteiger charge is -2.37. The molecule has 1 unspecified atom stereocenters. The van der Waals surface area contributed by atoms with Gasteiger partial charge < -0.3 is 5.32 Å². The van der Waals surface area contributed by atoms with Crippen LogP contribution in [0.4, 0.5) is 0 Å². The molecule has 1 saturated heterocycles. The Morgan fingerprint density at radius 3 is 2.76 bits per heavy atom. The molecule has 1 aliphatic rings. The maximum atomic E-state index is 4.73. The van der Waals surface area contributed by atoms with Gasteiger partial charge in [-0.2, -0.15) is 5.10 Å². The van der Waals surface area contributed by atoms with Crippen molar-refractivity contribution in [1.82, 2.24) is 20.0 Å². The standard InChI is InChI=1S/C16H29BrN4/c1-5-14-16(17)15(21(6-2)19-14)11-20-8-7-18-10-13(20)9-12(3)4/h12-13,18H,5-11H2,1-4H3. The van der Waals surface area contributed by atoms with Gasteiger partial charge >= 0.3 is 0 Å². The average Bonchev–Trinajstić information content (AvgIpc) is 2.77. The monoisotopic (exact) mass is 356 g/mol. The minimum Gasteiger partial charge on any atom is -0.314 e. The number of aryl methyl sites for hydroxylation is 2. The highest BCUT2D eigenvalue weighted by Gasteiger charge is 2.25. The predicted molar refractivity (Wildman–Crippen MR) is 91.5 cm³/mol. The van der Waals surface area contributed by atoms with Crippen molar-refractivity contribution in [2.45, 2.75) is 59.7 Å². The third-order valence-corrected chi connectivity index (χ3v) is 5.18. The number of rotatable bonds is 6. The van der Waals surface area contributed by atoms with E-state index in [2.05, 4.69) is 58.5 Å². The van der Waals surface area contributed by atoms with E-state index in [1.54, 1.807) is 0 Å². The maximum absolute atomic E-state index is 4.73. The van der Waals surface area contributed by atoms with E-state index < -0.39 is 0 Å². The fourth-order valence-electron chi connectivity index (χ4n) is 3.15. The molecule has 0 radical (unpaired) electrons. The Balaban J connectivity index is 2.16. The van der Waals surface area contributed by atoms with Gasteiger partial charge in [0.15, 0.2) is 0 Å². The first-order valence-corrected chi connectivity index (χ1v) is 9.04. The Morgan fingerprint density at radius 1 is 1.38 bits per heavy atom. The zero-order chi connectivity index (χ0) is 15.4. The summed E-state index contributed by atoms with van der Waals surface area (Å²) in [6.45, 7) is 14.2. The number of hydrogen-bond donors (Lipinski definition) is 1. The van der Waals surface area contributed by atoms with Crippen LogP contribution in [-0.4, -0.2) is 40.4 Å². The predicted octanol–water partition coefficient (Wildman–Crippen LogP) is 3.05. The molecule has 0 bridgehead atoms. The van der Waals surface area contributed by atoms with Crippen molar-refractivity contribution in [3.63, 3.8) is 0 Å². The van der Waals surface area contributed by atoms with Crippen LogP contribution in [0.2, 0.25) is 0 Å². The van der Waals surface area contributed by atoms with Crippen LogP contribution in [0.3, 0.4) is 0 Å². The number of piperazine rings is 1. The van der Waals surface area contributed by atoms with Crippen molar-refractivity contribution in [2.24, 2.45) is 5.92 Å². The largest absolute Gasteiger partial charge is 0.314 e. The summed E-state index contributed by atoms with van der Waals surface area (Å²) >= 11 is 3.78. The maximum Gasteiger partial charge on any atom is 0.0767 e. The second-order valence-electron chi connectivity index (χ2n) is 6.33. The van der Waals surface area contributed by atoms with Crippen LogP contribution in [-0.2, 0) is 19.5 Å². The first-order chi connectivity index (χ1) is 10.1. The first-order valence-electron chi connectivity index (χ1n) is 8.25. The van der Waals surface area contributed by atoms with E-state index >= 15 is 0 Å². The Bertz CT molecular complexity index is 455. The van der Waals surface area contributed by atoms with Crippen LogP contribution < -0.4 is 5.32 Å². The highest BCUT2D eigenvalue weighted by atomic mass is 79.9. The second-order valence-corrected chi connectivity index (χ2v) is 7.13. The lowest BCUT2D eigenvalue weighted by atomic mass is 10.0. The summed E-state index contributed by atoms with van der Waals surface area (Å²) in [6, 6.07) is 0.635. The summed E-state index contributed by atoms with van der Waals surface area (Å²) in [5, 5.41) is 8.27. The van der Waals surface area contributed by atoms with E-state index in [0.29, 0.717) is 6.04 Å². The third-order valence-electron chi connectivity index (χ3n) is 4.26. The molecule has 4 nitrogen and oxygen atoms in total. The van der Waals surface area contributed by atoms with E-state index in [9.17, 15) is 0 Å². The summed E-state index contributed by atoms with van der Waals surface area (Å²) in [7, 11) is 0. The molecule has 2 rings (SSSR count). The molecule has 1 atom stereocenters. The Labute approximate surface area is 137 Å². The molecule has 0 aliphatic carbocycles. The smallest absolute Gasteiger partial charge is 0.0767 e. The number of halogens is 1. The number of nitrogens with zero attached hydrogens (tertiary/aromatic N) is 3. The minimum atomic E-state index is 0.635. The fraction of sp³-hybridized carbons (Fsp3) is 0.812. The van der Waals surface area contributed by atoms with Gasteiger partial charge in [0, 0.05) is 38.8 Å². The zero-order valence-corrected chi connectivity index (χ0v) is 15.4. The van der Waals surface area contributed by atoms with Crippen molar-refractivity contribution in [1.29, 1.82) is 0 Å². The molecule has 1 aliphatic heterocycles. The van der Waals surface area contributed by atoms with Gasteiger partial charge in [0.1, 0.15) is 0 Å². The Kier molecular flexibility index (Phi) is 6.26. The van der Waals surface area contributed by atoms with Gasteiger partial charge in [-0.15, -0.1) is 0 Å². The van der Waals surface area contributed by atoms with E-state index in [-0.39, 0.29) is 0 Å². The van der Waals surface area contributed by atoms with Crippen LogP contribution in [0, 0.1) is 5.92 Å². The Morgan fingerprint density at radius 2 is 2.14 bits per heavy atom. The SMILES string of the molecule is CCc1nn(CC)c(CN2CCNCC2CC(C)C)c1Br. The van der Waals surface area contributed by atoms with Crippen LogP contribution in [0.1, 0.15) is 45.5 Å². The van der Waals surface area contributed by atoms with Crippen molar-refractivity contribution >= 4 is 15.9 Å². The molecule has 120 valence electrons. The van der Waals surface area contributed by atoms with Gasteiger partial charge in [-0.05, 0) is 41.6 Å². The summed E-state index contributed by atoms with van der Waals surface area (Å²) in [6.07, 6.45) is 2.24. The zero-order valence-electron chi connectivity index (χ0n) is 13.8. The Hall–Kier alpha value is -0.390. The molecule has 2 heterocycles. The van der Waals surface area contributed by atoms with Crippen molar-refractivity contribution < 1.29 is 0 Å². The van der Waals surface area contributed by atoms with Gasteiger partial charge in [-0.25, -0.2) is 0 Å². The normalized spacial score (nSPS) is 20.4. The molecule has 1 aromatic heterocycles. The van der Waals surface area contributed by atoms with Crippen LogP contribution in [0.15, 0.2) is 4.47 Å². The number of hydrogen-bond acceptors (Lipinski definition) is 3. The van der Waals surface area contributed by atoms with Gasteiger partial charge in [0.05, 0.1) is 15.9 Å². The van der Waals surface area contributed by atoms with Gasteiger partial charge in [0.25, 0.3) is 0 Å². The summed E-state index contributed by atoms with van der Waals surface area (Å²) < 4.78 is 3.38. The molecule has 1 N–H and O–H groups in total.